The molecule has 1 aromatic heterocycles. The zero-order chi connectivity index (χ0) is 18.8. The minimum absolute atomic E-state index is 0.630. The predicted molar refractivity (Wildman–Crippen MR) is 107 cm³/mol. The van der Waals surface area contributed by atoms with Gasteiger partial charge in [0, 0.05) is 60.4 Å². The fourth-order valence-electron chi connectivity index (χ4n) is 3.88. The van der Waals surface area contributed by atoms with Crippen LogP contribution in [0.5, 0.6) is 0 Å². The van der Waals surface area contributed by atoms with Gasteiger partial charge in [-0.2, -0.15) is 0 Å². The Balaban J connectivity index is 1.47. The molecule has 0 radical (unpaired) electrons. The Morgan fingerprint density at radius 2 is 1.89 bits per heavy atom. The van der Waals surface area contributed by atoms with Gasteiger partial charge in [-0.15, -0.1) is 0 Å². The van der Waals surface area contributed by atoms with E-state index in [9.17, 15) is 9.90 Å². The lowest BCUT2D eigenvalue weighted by atomic mass is 10.0. The minimum Gasteiger partial charge on any atom is -0.480 e. The van der Waals surface area contributed by atoms with Crippen LogP contribution in [0.2, 0.25) is 5.02 Å². The summed E-state index contributed by atoms with van der Waals surface area (Å²) < 4.78 is 0. The fourth-order valence-corrected chi connectivity index (χ4v) is 4.09. The summed E-state index contributed by atoms with van der Waals surface area (Å²) in [7, 11) is 0. The number of aromatic nitrogens is 1. The van der Waals surface area contributed by atoms with E-state index in [0.717, 1.165) is 54.2 Å². The first-order valence-corrected chi connectivity index (χ1v) is 9.49. The molecule has 0 bridgehead atoms. The van der Waals surface area contributed by atoms with Crippen molar-refractivity contribution in [2.45, 2.75) is 12.6 Å². The Bertz CT molecular complexity index is 947. The van der Waals surface area contributed by atoms with Crippen LogP contribution in [0.25, 0.3) is 10.9 Å². The summed E-state index contributed by atoms with van der Waals surface area (Å²) >= 11 is 6.07. The number of aromatic amines is 1. The molecular weight excluding hydrogens is 362 g/mol. The number of H-pyrrole nitrogens is 1. The van der Waals surface area contributed by atoms with Gasteiger partial charge in [-0.05, 0) is 23.8 Å². The lowest BCUT2D eigenvalue weighted by Crippen LogP contribution is -2.48. The number of aliphatic carboxylic acids is 1. The zero-order valence-electron chi connectivity index (χ0n) is 14.9. The molecule has 1 aliphatic heterocycles. The molecule has 0 spiro atoms. The molecule has 2 N–H and O–H groups in total. The Morgan fingerprint density at radius 3 is 2.63 bits per heavy atom. The number of nitrogens with one attached hydrogen (secondary N) is 1. The molecule has 0 aliphatic carbocycles. The van der Waals surface area contributed by atoms with Gasteiger partial charge in [0.25, 0.3) is 0 Å². The second-order valence-electron chi connectivity index (χ2n) is 6.97. The molecule has 4 rings (SSSR count). The lowest BCUT2D eigenvalue weighted by Gasteiger charge is -2.37. The number of fused-ring (bicyclic) bond motifs is 1. The van der Waals surface area contributed by atoms with E-state index in [-0.39, 0.29) is 0 Å². The standard InChI is InChI=1S/C21H22ClN3O2/c22-16-5-3-4-15(12-16)14-24-8-10-25(11-9-24)20(21(26)27)18-13-23-19-7-2-1-6-17(18)19/h1-7,12-13,20,23H,8-11,14H2,(H,26,27)/t20-/m1/s1. The van der Waals surface area contributed by atoms with E-state index in [2.05, 4.69) is 20.9 Å². The van der Waals surface area contributed by atoms with Crippen LogP contribution in [0.1, 0.15) is 17.2 Å². The average molecular weight is 384 g/mol. The molecule has 27 heavy (non-hydrogen) atoms. The van der Waals surface area contributed by atoms with E-state index in [0.29, 0.717) is 0 Å². The van der Waals surface area contributed by atoms with Crippen LogP contribution in [0.3, 0.4) is 0 Å². The highest BCUT2D eigenvalue weighted by Gasteiger charge is 2.32. The van der Waals surface area contributed by atoms with Crippen molar-refractivity contribution in [3.63, 3.8) is 0 Å². The van der Waals surface area contributed by atoms with Gasteiger partial charge >= 0.3 is 5.97 Å². The van der Waals surface area contributed by atoms with Crippen LogP contribution < -0.4 is 0 Å². The fraction of sp³-hybridized carbons (Fsp3) is 0.286. The molecule has 1 saturated heterocycles. The number of hydrogen-bond donors (Lipinski definition) is 2. The largest absolute Gasteiger partial charge is 0.480 e. The normalized spacial score (nSPS) is 17.2. The minimum atomic E-state index is -0.803. The Labute approximate surface area is 163 Å². The van der Waals surface area contributed by atoms with Crippen molar-refractivity contribution >= 4 is 28.5 Å². The summed E-state index contributed by atoms with van der Waals surface area (Å²) in [5, 5.41) is 11.6. The molecule has 1 atom stereocenters. The summed E-state index contributed by atoms with van der Waals surface area (Å²) in [5.41, 5.74) is 2.99. The van der Waals surface area contributed by atoms with Crippen LogP contribution in [0.4, 0.5) is 0 Å². The number of carboxylic acids is 1. The summed E-state index contributed by atoms with van der Waals surface area (Å²) in [6, 6.07) is 15.1. The van der Waals surface area contributed by atoms with E-state index in [1.54, 1.807) is 0 Å². The van der Waals surface area contributed by atoms with Gasteiger partial charge in [0.1, 0.15) is 6.04 Å². The molecule has 0 saturated carbocycles. The number of hydrogen-bond acceptors (Lipinski definition) is 3. The van der Waals surface area contributed by atoms with E-state index in [1.165, 1.54) is 5.56 Å². The van der Waals surface area contributed by atoms with Crippen molar-refractivity contribution in [2.75, 3.05) is 26.2 Å². The highest BCUT2D eigenvalue weighted by molar-refractivity contribution is 6.30. The lowest BCUT2D eigenvalue weighted by molar-refractivity contribution is -0.144. The molecule has 5 nitrogen and oxygen atoms in total. The number of benzene rings is 2. The van der Waals surface area contributed by atoms with Gasteiger partial charge < -0.3 is 10.1 Å². The number of nitrogens with zero attached hydrogens (tertiary/aromatic N) is 2. The third-order valence-corrected chi connectivity index (χ3v) is 5.45. The number of carbonyl (C=O) groups is 1. The van der Waals surface area contributed by atoms with Gasteiger partial charge in [0.05, 0.1) is 0 Å². The summed E-state index contributed by atoms with van der Waals surface area (Å²) in [6.45, 7) is 3.94. The highest BCUT2D eigenvalue weighted by Crippen LogP contribution is 2.29. The average Bonchev–Trinajstić information content (AvgIpc) is 3.07. The van der Waals surface area contributed by atoms with Crippen molar-refractivity contribution in [1.29, 1.82) is 0 Å². The third-order valence-electron chi connectivity index (χ3n) is 5.22. The topological polar surface area (TPSA) is 59.6 Å². The van der Waals surface area contributed by atoms with E-state index in [1.807, 2.05) is 48.7 Å². The van der Waals surface area contributed by atoms with Crippen molar-refractivity contribution in [3.05, 3.63) is 70.9 Å². The third kappa shape index (κ3) is 3.86. The van der Waals surface area contributed by atoms with Crippen molar-refractivity contribution in [2.24, 2.45) is 0 Å². The van der Waals surface area contributed by atoms with Gasteiger partial charge in [0.2, 0.25) is 0 Å². The maximum atomic E-state index is 12.1. The second kappa shape index (κ2) is 7.72. The van der Waals surface area contributed by atoms with Crippen molar-refractivity contribution in [1.82, 2.24) is 14.8 Å². The van der Waals surface area contributed by atoms with Crippen molar-refractivity contribution < 1.29 is 9.90 Å². The maximum Gasteiger partial charge on any atom is 0.325 e. The van der Waals surface area contributed by atoms with E-state index in [4.69, 9.17) is 11.6 Å². The Kier molecular flexibility index (Phi) is 5.16. The monoisotopic (exact) mass is 383 g/mol. The maximum absolute atomic E-state index is 12.1. The van der Waals surface area contributed by atoms with Gasteiger partial charge in [0.15, 0.2) is 0 Å². The number of halogens is 1. The van der Waals surface area contributed by atoms with Gasteiger partial charge in [-0.25, -0.2) is 0 Å². The number of rotatable bonds is 5. The summed E-state index contributed by atoms with van der Waals surface area (Å²) in [5.74, 6) is -0.803. The number of piperazine rings is 1. The predicted octanol–water partition coefficient (Wildman–Crippen LogP) is 3.76. The Hall–Kier alpha value is -2.34. The molecule has 0 unspecified atom stereocenters. The SMILES string of the molecule is O=C(O)[C@@H](c1c[nH]c2ccccc12)N1CCN(Cc2cccc(Cl)c2)CC1. The molecular formula is C21H22ClN3O2. The molecule has 0 amide bonds. The molecule has 2 heterocycles. The zero-order valence-corrected chi connectivity index (χ0v) is 15.7. The molecule has 6 heteroatoms. The first-order chi connectivity index (χ1) is 13.1. The summed E-state index contributed by atoms with van der Waals surface area (Å²) in [4.78, 5) is 19.7. The van der Waals surface area contributed by atoms with E-state index >= 15 is 0 Å². The molecule has 140 valence electrons. The molecule has 1 aliphatic rings. The molecule has 1 fully saturated rings. The number of para-hydroxylation sites is 1. The van der Waals surface area contributed by atoms with Gasteiger partial charge in [-0.3, -0.25) is 14.6 Å². The van der Waals surface area contributed by atoms with Crippen LogP contribution >= 0.6 is 11.6 Å². The van der Waals surface area contributed by atoms with Crippen molar-refractivity contribution in [3.8, 4) is 0 Å². The summed E-state index contributed by atoms with van der Waals surface area (Å²) in [6.07, 6.45) is 1.84. The first kappa shape index (κ1) is 18.0. The number of carboxylic acid groups (broad SMARTS) is 1. The quantitative estimate of drug-likeness (QED) is 0.704. The van der Waals surface area contributed by atoms with Crippen LogP contribution in [0, 0.1) is 0 Å². The molecule has 2 aromatic carbocycles. The first-order valence-electron chi connectivity index (χ1n) is 9.11. The van der Waals surface area contributed by atoms with E-state index < -0.39 is 12.0 Å². The van der Waals surface area contributed by atoms with Crippen LogP contribution in [0.15, 0.2) is 54.7 Å². The Morgan fingerprint density at radius 1 is 1.11 bits per heavy atom. The highest BCUT2D eigenvalue weighted by atomic mass is 35.5. The second-order valence-corrected chi connectivity index (χ2v) is 7.41. The van der Waals surface area contributed by atoms with Crippen LogP contribution in [-0.4, -0.2) is 52.0 Å². The van der Waals surface area contributed by atoms with Gasteiger partial charge in [-0.1, -0.05) is 41.9 Å². The smallest absolute Gasteiger partial charge is 0.325 e. The molecule has 3 aromatic rings. The van der Waals surface area contributed by atoms with Crippen LogP contribution in [-0.2, 0) is 11.3 Å².